The van der Waals surface area contributed by atoms with E-state index in [1.165, 1.54) is 225 Å². The van der Waals surface area contributed by atoms with Crippen LogP contribution in [0.5, 0.6) is 0 Å². The number of aliphatic hydroxyl groups is 2. The number of allylic oxidation sites excluding steroid dienone is 10. The first-order chi connectivity index (χ1) is 33.2. The lowest BCUT2D eigenvalue weighted by Gasteiger charge is -2.22. The van der Waals surface area contributed by atoms with Gasteiger partial charge >= 0.3 is 0 Å². The molecule has 0 aromatic carbocycles. The Balaban J connectivity index is 3.45. The Kier molecular flexibility index (Phi) is 56.7. The molecule has 0 aromatic rings. The van der Waals surface area contributed by atoms with Gasteiger partial charge in [0, 0.05) is 6.42 Å². The van der Waals surface area contributed by atoms with Crippen LogP contribution in [0, 0.1) is 0 Å². The Morgan fingerprint density at radius 3 is 0.985 bits per heavy atom. The van der Waals surface area contributed by atoms with Crippen LogP contribution in [-0.4, -0.2) is 34.9 Å². The molecule has 0 fully saturated rings. The van der Waals surface area contributed by atoms with Gasteiger partial charge in [0.25, 0.3) is 0 Å². The highest BCUT2D eigenvalue weighted by atomic mass is 16.3. The summed E-state index contributed by atoms with van der Waals surface area (Å²) in [6.45, 7) is 4.27. The molecule has 3 N–H and O–H groups in total. The van der Waals surface area contributed by atoms with E-state index >= 15 is 0 Å². The SMILES string of the molecule is CC/C=C\C/C=C\C/C=C\C/C=C\C/C=C\CCCCCCCCCC(=O)NC(CO)C(O)CCCCCCCCCCCCCCCCCCCCCCCCCCCCCCCCCC. The van der Waals surface area contributed by atoms with Gasteiger partial charge in [-0.05, 0) is 57.8 Å². The third-order valence-electron chi connectivity index (χ3n) is 13.8. The predicted octanol–water partition coefficient (Wildman–Crippen LogP) is 20.0. The minimum atomic E-state index is -0.669. The Morgan fingerprint density at radius 2 is 0.657 bits per heavy atom. The van der Waals surface area contributed by atoms with Gasteiger partial charge in [-0.2, -0.15) is 0 Å². The third-order valence-corrected chi connectivity index (χ3v) is 13.8. The van der Waals surface area contributed by atoms with Gasteiger partial charge in [-0.1, -0.05) is 312 Å². The van der Waals surface area contributed by atoms with Gasteiger partial charge in [0.15, 0.2) is 0 Å². The molecule has 0 radical (unpaired) electrons. The van der Waals surface area contributed by atoms with E-state index in [1.54, 1.807) is 0 Å². The molecule has 0 aliphatic rings. The zero-order chi connectivity index (χ0) is 48.5. The number of unbranched alkanes of at least 4 members (excludes halogenated alkanes) is 38. The van der Waals surface area contributed by atoms with Crippen molar-refractivity contribution in [3.8, 4) is 0 Å². The van der Waals surface area contributed by atoms with Crippen molar-refractivity contribution in [2.24, 2.45) is 0 Å². The largest absolute Gasteiger partial charge is 0.394 e. The number of carbonyl (C=O) groups is 1. The summed E-state index contributed by atoms with van der Waals surface area (Å²) in [5, 5.41) is 23.4. The summed E-state index contributed by atoms with van der Waals surface area (Å²) in [7, 11) is 0. The molecule has 0 aliphatic heterocycles. The van der Waals surface area contributed by atoms with Crippen LogP contribution in [0.4, 0.5) is 0 Å². The molecule has 0 spiro atoms. The average Bonchev–Trinajstić information content (AvgIpc) is 3.33. The summed E-state index contributed by atoms with van der Waals surface area (Å²) in [5.41, 5.74) is 0. The molecule has 0 saturated carbocycles. The summed E-state index contributed by atoms with van der Waals surface area (Å²) >= 11 is 0. The second kappa shape index (κ2) is 58.4. The molecule has 1 amide bonds. The summed E-state index contributed by atoms with van der Waals surface area (Å²) in [4.78, 5) is 12.5. The van der Waals surface area contributed by atoms with Crippen molar-refractivity contribution in [2.45, 2.75) is 328 Å². The Labute approximate surface area is 419 Å². The maximum Gasteiger partial charge on any atom is 0.220 e. The first-order valence-electron chi connectivity index (χ1n) is 30.0. The van der Waals surface area contributed by atoms with E-state index in [1.807, 2.05) is 0 Å². The third kappa shape index (κ3) is 54.9. The number of hydrogen-bond acceptors (Lipinski definition) is 3. The highest BCUT2D eigenvalue weighted by molar-refractivity contribution is 5.76. The number of hydrogen-bond donors (Lipinski definition) is 3. The van der Waals surface area contributed by atoms with Gasteiger partial charge in [-0.15, -0.1) is 0 Å². The highest BCUT2D eigenvalue weighted by Crippen LogP contribution is 2.18. The lowest BCUT2D eigenvalue weighted by molar-refractivity contribution is -0.123. The van der Waals surface area contributed by atoms with Gasteiger partial charge in [0.05, 0.1) is 18.8 Å². The lowest BCUT2D eigenvalue weighted by Crippen LogP contribution is -2.45. The van der Waals surface area contributed by atoms with E-state index in [-0.39, 0.29) is 12.5 Å². The summed E-state index contributed by atoms with van der Waals surface area (Å²) in [5.74, 6) is -0.0406. The fourth-order valence-electron chi connectivity index (χ4n) is 9.27. The van der Waals surface area contributed by atoms with Crippen molar-refractivity contribution in [1.29, 1.82) is 0 Å². The van der Waals surface area contributed by atoms with Crippen molar-refractivity contribution < 1.29 is 15.0 Å². The van der Waals surface area contributed by atoms with Crippen LogP contribution in [0.15, 0.2) is 60.8 Å². The maximum atomic E-state index is 12.5. The topological polar surface area (TPSA) is 69.6 Å². The standard InChI is InChI=1S/C63H117NO3/c1-3-5-7-9-11-13-15-17-19-21-23-25-27-28-29-30-31-32-33-34-35-37-38-40-42-44-46-48-50-52-54-56-58-62(66)61(60-65)64-63(67)59-57-55-53-51-49-47-45-43-41-39-36-26-24-22-20-18-16-14-12-10-8-6-4-2/h6,8,12,14,18,20,24,26,39,41,61-62,65-66H,3-5,7,9-11,13,15-17,19,21-23,25,27-38,40,42-60H2,1-2H3,(H,64,67)/b8-6-,14-12-,20-18-,26-24-,41-39-. The normalized spacial score (nSPS) is 13.2. The van der Waals surface area contributed by atoms with Gasteiger partial charge in [0.2, 0.25) is 5.91 Å². The van der Waals surface area contributed by atoms with Gasteiger partial charge < -0.3 is 15.5 Å². The first-order valence-corrected chi connectivity index (χ1v) is 30.0. The van der Waals surface area contributed by atoms with Crippen molar-refractivity contribution in [2.75, 3.05) is 6.61 Å². The number of rotatable bonds is 55. The zero-order valence-corrected chi connectivity index (χ0v) is 45.2. The molecule has 0 aromatic heterocycles. The highest BCUT2D eigenvalue weighted by Gasteiger charge is 2.20. The zero-order valence-electron chi connectivity index (χ0n) is 45.2. The van der Waals surface area contributed by atoms with Gasteiger partial charge in [0.1, 0.15) is 0 Å². The molecule has 4 nitrogen and oxygen atoms in total. The summed E-state index contributed by atoms with van der Waals surface area (Å²) in [6.07, 6.45) is 82.3. The molecule has 2 atom stereocenters. The molecule has 0 rings (SSSR count). The molecule has 2 unspecified atom stereocenters. The molecule has 0 bridgehead atoms. The molecule has 0 aliphatic carbocycles. The molecule has 0 saturated heterocycles. The molecular weight excluding hydrogens is 819 g/mol. The average molecular weight is 937 g/mol. The van der Waals surface area contributed by atoms with Crippen LogP contribution in [0.1, 0.15) is 316 Å². The van der Waals surface area contributed by atoms with Crippen LogP contribution in [0.2, 0.25) is 0 Å². The van der Waals surface area contributed by atoms with E-state index in [0.717, 1.165) is 64.2 Å². The number of carbonyl (C=O) groups excluding carboxylic acids is 1. The van der Waals surface area contributed by atoms with Crippen molar-refractivity contribution in [3.05, 3.63) is 60.8 Å². The number of nitrogens with one attached hydrogen (secondary N) is 1. The lowest BCUT2D eigenvalue weighted by atomic mass is 10.0. The Bertz CT molecular complexity index is 1110. The van der Waals surface area contributed by atoms with E-state index in [9.17, 15) is 15.0 Å². The van der Waals surface area contributed by atoms with E-state index in [0.29, 0.717) is 12.8 Å². The molecule has 392 valence electrons. The van der Waals surface area contributed by atoms with Gasteiger partial charge in [-0.3, -0.25) is 4.79 Å². The second-order valence-corrected chi connectivity index (χ2v) is 20.4. The molecule has 4 heteroatoms. The van der Waals surface area contributed by atoms with Crippen LogP contribution >= 0.6 is 0 Å². The van der Waals surface area contributed by atoms with Crippen LogP contribution in [0.3, 0.4) is 0 Å². The smallest absolute Gasteiger partial charge is 0.220 e. The van der Waals surface area contributed by atoms with Crippen LogP contribution in [0.25, 0.3) is 0 Å². The van der Waals surface area contributed by atoms with Crippen LogP contribution in [-0.2, 0) is 4.79 Å². The fourth-order valence-corrected chi connectivity index (χ4v) is 9.27. The van der Waals surface area contributed by atoms with Crippen molar-refractivity contribution >= 4 is 5.91 Å². The molecule has 0 heterocycles. The van der Waals surface area contributed by atoms with E-state index in [2.05, 4.69) is 79.9 Å². The van der Waals surface area contributed by atoms with E-state index < -0.39 is 12.1 Å². The molecule has 67 heavy (non-hydrogen) atoms. The monoisotopic (exact) mass is 936 g/mol. The maximum absolute atomic E-state index is 12.5. The first kappa shape index (κ1) is 65.1. The minimum Gasteiger partial charge on any atom is -0.394 e. The molecular formula is C63H117NO3. The number of amides is 1. The summed E-state index contributed by atoms with van der Waals surface area (Å²) < 4.78 is 0. The van der Waals surface area contributed by atoms with Crippen LogP contribution < -0.4 is 5.32 Å². The summed E-state index contributed by atoms with van der Waals surface area (Å²) in [6, 6.07) is -0.547. The van der Waals surface area contributed by atoms with Crippen molar-refractivity contribution in [3.63, 3.8) is 0 Å². The van der Waals surface area contributed by atoms with Crippen molar-refractivity contribution in [1.82, 2.24) is 5.32 Å². The Morgan fingerprint density at radius 1 is 0.373 bits per heavy atom. The predicted molar refractivity (Wildman–Crippen MR) is 299 cm³/mol. The Hall–Kier alpha value is -1.91. The van der Waals surface area contributed by atoms with E-state index in [4.69, 9.17) is 0 Å². The quantitative estimate of drug-likeness (QED) is 0.0420. The van der Waals surface area contributed by atoms with Gasteiger partial charge in [-0.25, -0.2) is 0 Å². The second-order valence-electron chi connectivity index (χ2n) is 20.4. The fraction of sp³-hybridized carbons (Fsp3) is 0.825. The number of aliphatic hydroxyl groups excluding tert-OH is 2. The minimum absolute atomic E-state index is 0.0406.